The van der Waals surface area contributed by atoms with E-state index in [2.05, 4.69) is 10.6 Å². The van der Waals surface area contributed by atoms with E-state index >= 15 is 0 Å². The fourth-order valence-corrected chi connectivity index (χ4v) is 1.93. The second kappa shape index (κ2) is 6.81. The van der Waals surface area contributed by atoms with Crippen molar-refractivity contribution in [3.8, 4) is 0 Å². The molecule has 3 N–H and O–H groups in total. The first kappa shape index (κ1) is 14.3. The number of ether oxygens (including phenoxy) is 1. The molecule has 0 aliphatic carbocycles. The van der Waals surface area contributed by atoms with E-state index < -0.39 is 0 Å². The summed E-state index contributed by atoms with van der Waals surface area (Å²) in [6, 6.07) is -0.0398. The molecule has 100 valence electrons. The van der Waals surface area contributed by atoms with Gasteiger partial charge in [0.1, 0.15) is 0 Å². The maximum Gasteiger partial charge on any atom is 0.315 e. The van der Waals surface area contributed by atoms with Gasteiger partial charge < -0.3 is 20.5 Å². The van der Waals surface area contributed by atoms with E-state index in [1.807, 2.05) is 13.8 Å². The molecule has 1 aliphatic rings. The van der Waals surface area contributed by atoms with Crippen molar-refractivity contribution in [2.45, 2.75) is 39.2 Å². The molecule has 1 fully saturated rings. The van der Waals surface area contributed by atoms with Gasteiger partial charge in [-0.3, -0.25) is 0 Å². The average molecular weight is 244 g/mol. The standard InChI is InChI=1S/C12H24N2O3/c1-3-12(4-2,9-15)8-13-11(16)14-10-5-6-17-7-10/h10,15H,3-9H2,1-2H3,(H2,13,14,16). The SMILES string of the molecule is CCC(CC)(CO)CNC(=O)NC1CCOC1. The second-order valence-electron chi connectivity index (χ2n) is 4.75. The van der Waals surface area contributed by atoms with E-state index in [1.54, 1.807) is 0 Å². The van der Waals surface area contributed by atoms with Crippen molar-refractivity contribution >= 4 is 6.03 Å². The number of aliphatic hydroxyl groups excluding tert-OH is 1. The highest BCUT2D eigenvalue weighted by atomic mass is 16.5. The molecule has 1 heterocycles. The Bertz CT molecular complexity index is 228. The summed E-state index contributed by atoms with van der Waals surface area (Å²) in [6.07, 6.45) is 2.58. The predicted molar refractivity (Wildman–Crippen MR) is 65.9 cm³/mol. The van der Waals surface area contributed by atoms with Crippen LogP contribution in [0, 0.1) is 5.41 Å². The molecule has 1 unspecified atom stereocenters. The van der Waals surface area contributed by atoms with Crippen LogP contribution in [0.2, 0.25) is 0 Å². The van der Waals surface area contributed by atoms with Gasteiger partial charge in [-0.1, -0.05) is 13.8 Å². The first-order valence-corrected chi connectivity index (χ1v) is 6.38. The number of aliphatic hydroxyl groups is 1. The van der Waals surface area contributed by atoms with Crippen LogP contribution in [0.25, 0.3) is 0 Å². The normalized spacial score (nSPS) is 20.3. The van der Waals surface area contributed by atoms with Crippen LogP contribution in [-0.2, 0) is 4.74 Å². The Hall–Kier alpha value is -0.810. The first-order chi connectivity index (χ1) is 8.15. The molecule has 5 nitrogen and oxygen atoms in total. The fourth-order valence-electron chi connectivity index (χ4n) is 1.93. The number of carbonyl (C=O) groups is 1. The van der Waals surface area contributed by atoms with Crippen LogP contribution < -0.4 is 10.6 Å². The Balaban J connectivity index is 2.30. The molecule has 1 atom stereocenters. The third-order valence-electron chi connectivity index (χ3n) is 3.72. The summed E-state index contributed by atoms with van der Waals surface area (Å²) in [5, 5.41) is 15.1. The molecular formula is C12H24N2O3. The quantitative estimate of drug-likeness (QED) is 0.649. The highest BCUT2D eigenvalue weighted by Gasteiger charge is 2.26. The van der Waals surface area contributed by atoms with E-state index in [0.717, 1.165) is 25.9 Å². The monoisotopic (exact) mass is 244 g/mol. The average Bonchev–Trinajstić information content (AvgIpc) is 2.84. The number of hydrogen-bond acceptors (Lipinski definition) is 3. The van der Waals surface area contributed by atoms with Crippen LogP contribution in [0.15, 0.2) is 0 Å². The van der Waals surface area contributed by atoms with Crippen molar-refractivity contribution in [3.63, 3.8) is 0 Å². The smallest absolute Gasteiger partial charge is 0.315 e. The minimum absolute atomic E-state index is 0.104. The lowest BCUT2D eigenvalue weighted by atomic mass is 9.83. The van der Waals surface area contributed by atoms with Gasteiger partial charge in [-0.05, 0) is 19.3 Å². The predicted octanol–water partition coefficient (Wildman–Crippen LogP) is 0.873. The second-order valence-corrected chi connectivity index (χ2v) is 4.75. The van der Waals surface area contributed by atoms with Gasteiger partial charge in [0, 0.05) is 18.6 Å². The third-order valence-corrected chi connectivity index (χ3v) is 3.72. The van der Waals surface area contributed by atoms with Gasteiger partial charge in [0.05, 0.1) is 19.3 Å². The van der Waals surface area contributed by atoms with Gasteiger partial charge in [-0.25, -0.2) is 4.79 Å². The van der Waals surface area contributed by atoms with E-state index in [9.17, 15) is 9.90 Å². The Morgan fingerprint density at radius 3 is 2.65 bits per heavy atom. The van der Waals surface area contributed by atoms with Gasteiger partial charge in [0.25, 0.3) is 0 Å². The van der Waals surface area contributed by atoms with Crippen LogP contribution in [0.4, 0.5) is 4.79 Å². The third kappa shape index (κ3) is 4.16. The van der Waals surface area contributed by atoms with E-state index in [1.165, 1.54) is 0 Å². The maximum atomic E-state index is 11.6. The number of rotatable bonds is 6. The first-order valence-electron chi connectivity index (χ1n) is 6.38. The lowest BCUT2D eigenvalue weighted by Crippen LogP contribution is -2.47. The highest BCUT2D eigenvalue weighted by molar-refractivity contribution is 5.74. The van der Waals surface area contributed by atoms with E-state index in [-0.39, 0.29) is 24.1 Å². The Morgan fingerprint density at radius 2 is 2.18 bits per heavy atom. The molecule has 1 aliphatic heterocycles. The minimum Gasteiger partial charge on any atom is -0.396 e. The topological polar surface area (TPSA) is 70.6 Å². The Morgan fingerprint density at radius 1 is 1.47 bits per heavy atom. The molecule has 0 saturated carbocycles. The molecular weight excluding hydrogens is 220 g/mol. The number of amides is 2. The Kier molecular flexibility index (Phi) is 5.71. The number of hydrogen-bond donors (Lipinski definition) is 3. The molecule has 0 spiro atoms. The Labute approximate surface area is 103 Å². The summed E-state index contributed by atoms with van der Waals surface area (Å²) in [6.45, 7) is 5.99. The van der Waals surface area contributed by atoms with Crippen LogP contribution in [-0.4, -0.2) is 43.5 Å². The van der Waals surface area contributed by atoms with Crippen molar-refractivity contribution < 1.29 is 14.6 Å². The summed E-state index contributed by atoms with van der Waals surface area (Å²) >= 11 is 0. The van der Waals surface area contributed by atoms with Crippen LogP contribution in [0.1, 0.15) is 33.1 Å². The summed E-state index contributed by atoms with van der Waals surface area (Å²) in [5.74, 6) is 0. The minimum atomic E-state index is -0.191. The highest BCUT2D eigenvalue weighted by Crippen LogP contribution is 2.24. The molecule has 0 bridgehead atoms. The van der Waals surface area contributed by atoms with Crippen molar-refractivity contribution in [2.75, 3.05) is 26.4 Å². The molecule has 0 aromatic rings. The summed E-state index contributed by atoms with van der Waals surface area (Å²) < 4.78 is 5.18. The zero-order valence-corrected chi connectivity index (χ0v) is 10.8. The van der Waals surface area contributed by atoms with Crippen molar-refractivity contribution in [1.82, 2.24) is 10.6 Å². The molecule has 2 amide bonds. The van der Waals surface area contributed by atoms with Gasteiger partial charge >= 0.3 is 6.03 Å². The summed E-state index contributed by atoms with van der Waals surface area (Å²) in [5.41, 5.74) is -0.191. The summed E-state index contributed by atoms with van der Waals surface area (Å²) in [4.78, 5) is 11.6. The maximum absolute atomic E-state index is 11.6. The zero-order valence-electron chi connectivity index (χ0n) is 10.8. The van der Waals surface area contributed by atoms with Crippen molar-refractivity contribution in [2.24, 2.45) is 5.41 Å². The lowest BCUT2D eigenvalue weighted by Gasteiger charge is -2.29. The van der Waals surface area contributed by atoms with Gasteiger partial charge in [0.15, 0.2) is 0 Å². The van der Waals surface area contributed by atoms with Crippen molar-refractivity contribution in [3.05, 3.63) is 0 Å². The lowest BCUT2D eigenvalue weighted by molar-refractivity contribution is 0.114. The number of nitrogens with one attached hydrogen (secondary N) is 2. The molecule has 1 rings (SSSR count). The molecule has 17 heavy (non-hydrogen) atoms. The van der Waals surface area contributed by atoms with Gasteiger partial charge in [-0.15, -0.1) is 0 Å². The van der Waals surface area contributed by atoms with Crippen LogP contribution in [0.3, 0.4) is 0 Å². The summed E-state index contributed by atoms with van der Waals surface area (Å²) in [7, 11) is 0. The van der Waals surface area contributed by atoms with E-state index in [4.69, 9.17) is 4.74 Å². The number of urea groups is 1. The van der Waals surface area contributed by atoms with E-state index in [0.29, 0.717) is 13.2 Å². The zero-order chi connectivity index (χ0) is 12.7. The largest absolute Gasteiger partial charge is 0.396 e. The molecule has 0 aromatic heterocycles. The van der Waals surface area contributed by atoms with Crippen molar-refractivity contribution in [1.29, 1.82) is 0 Å². The molecule has 0 radical (unpaired) electrons. The molecule has 5 heteroatoms. The molecule has 0 aromatic carbocycles. The van der Waals surface area contributed by atoms with Gasteiger partial charge in [0.2, 0.25) is 0 Å². The van der Waals surface area contributed by atoms with Gasteiger partial charge in [-0.2, -0.15) is 0 Å². The number of carbonyl (C=O) groups excluding carboxylic acids is 1. The fraction of sp³-hybridized carbons (Fsp3) is 0.917. The van der Waals surface area contributed by atoms with Crippen LogP contribution >= 0.6 is 0 Å². The van der Waals surface area contributed by atoms with Crippen LogP contribution in [0.5, 0.6) is 0 Å². The molecule has 1 saturated heterocycles.